The lowest BCUT2D eigenvalue weighted by Gasteiger charge is -2.09. The van der Waals surface area contributed by atoms with Crippen molar-refractivity contribution in [2.75, 3.05) is 11.9 Å². The van der Waals surface area contributed by atoms with Gasteiger partial charge in [-0.1, -0.05) is 19.9 Å². The van der Waals surface area contributed by atoms with Crippen LogP contribution in [0.5, 0.6) is 0 Å². The molecule has 1 N–H and O–H groups in total. The molecule has 5 heteroatoms. The summed E-state index contributed by atoms with van der Waals surface area (Å²) in [6.45, 7) is 6.66. The number of nitrogens with zero attached hydrogens (tertiary/aromatic N) is 1. The number of hydrogen-bond acceptors (Lipinski definition) is 3. The average Bonchev–Trinajstić information content (AvgIpc) is 3.04. The second-order valence-corrected chi connectivity index (χ2v) is 6.76. The van der Waals surface area contributed by atoms with E-state index in [0.29, 0.717) is 23.8 Å². The lowest BCUT2D eigenvalue weighted by molar-refractivity contribution is -0.116. The highest BCUT2D eigenvalue weighted by atomic mass is 16.5. The molecule has 3 aromatic rings. The van der Waals surface area contributed by atoms with Crippen LogP contribution in [0, 0.1) is 0 Å². The molecule has 1 aromatic heterocycles. The third kappa shape index (κ3) is 4.37. The maximum atomic E-state index is 12.4. The Hall–Kier alpha value is -3.08. The van der Waals surface area contributed by atoms with Crippen molar-refractivity contribution < 1.29 is 14.3 Å². The minimum absolute atomic E-state index is 0.121. The predicted molar refractivity (Wildman–Crippen MR) is 107 cm³/mol. The zero-order valence-electron chi connectivity index (χ0n) is 15.9. The molecular formula is C22H24N2O3. The van der Waals surface area contributed by atoms with Crippen LogP contribution in [0.25, 0.3) is 10.9 Å². The van der Waals surface area contributed by atoms with Crippen LogP contribution in [0.1, 0.15) is 42.6 Å². The normalized spacial score (nSPS) is 11.0. The minimum atomic E-state index is -0.366. The van der Waals surface area contributed by atoms with E-state index in [1.165, 1.54) is 5.56 Å². The lowest BCUT2D eigenvalue weighted by Crippen LogP contribution is -2.18. The second kappa shape index (κ2) is 8.08. The fraction of sp³-hybridized carbons (Fsp3) is 0.273. The fourth-order valence-electron chi connectivity index (χ4n) is 2.97. The minimum Gasteiger partial charge on any atom is -0.462 e. The molecule has 0 atom stereocenters. The van der Waals surface area contributed by atoms with Gasteiger partial charge in [0.05, 0.1) is 12.2 Å². The molecule has 140 valence electrons. The van der Waals surface area contributed by atoms with Crippen LogP contribution in [-0.4, -0.2) is 23.1 Å². The number of rotatable bonds is 6. The maximum absolute atomic E-state index is 12.4. The number of carbonyl (C=O) groups excluding carboxylic acids is 2. The summed E-state index contributed by atoms with van der Waals surface area (Å²) in [5, 5.41) is 3.99. The van der Waals surface area contributed by atoms with Crippen molar-refractivity contribution in [1.82, 2.24) is 4.57 Å². The van der Waals surface area contributed by atoms with E-state index < -0.39 is 0 Å². The predicted octanol–water partition coefficient (Wildman–Crippen LogP) is 4.58. The number of hydrogen-bond donors (Lipinski definition) is 1. The lowest BCUT2D eigenvalue weighted by atomic mass is 10.0. The molecule has 0 saturated heterocycles. The van der Waals surface area contributed by atoms with E-state index in [1.807, 2.05) is 16.8 Å². The van der Waals surface area contributed by atoms with E-state index in [-0.39, 0.29) is 18.4 Å². The van der Waals surface area contributed by atoms with E-state index in [2.05, 4.69) is 37.4 Å². The molecule has 0 saturated carbocycles. The highest BCUT2D eigenvalue weighted by Gasteiger charge is 2.10. The van der Waals surface area contributed by atoms with Crippen molar-refractivity contribution in [3.05, 3.63) is 65.9 Å². The van der Waals surface area contributed by atoms with Gasteiger partial charge in [-0.05, 0) is 66.3 Å². The summed E-state index contributed by atoms with van der Waals surface area (Å²) in [5.41, 5.74) is 3.43. The van der Waals surface area contributed by atoms with Crippen LogP contribution >= 0.6 is 0 Å². The number of carbonyl (C=O) groups is 2. The Morgan fingerprint density at radius 2 is 1.81 bits per heavy atom. The molecule has 5 nitrogen and oxygen atoms in total. The van der Waals surface area contributed by atoms with Crippen molar-refractivity contribution in [1.29, 1.82) is 0 Å². The number of nitrogens with one attached hydrogen (secondary N) is 1. The highest BCUT2D eigenvalue weighted by Crippen LogP contribution is 2.22. The van der Waals surface area contributed by atoms with E-state index in [4.69, 9.17) is 4.74 Å². The van der Waals surface area contributed by atoms with Crippen LogP contribution in [0.15, 0.2) is 54.7 Å². The number of anilines is 1. The van der Waals surface area contributed by atoms with E-state index in [0.717, 1.165) is 10.9 Å². The van der Waals surface area contributed by atoms with Gasteiger partial charge in [-0.3, -0.25) is 4.79 Å². The zero-order chi connectivity index (χ0) is 19.4. The molecule has 1 amide bonds. The van der Waals surface area contributed by atoms with Gasteiger partial charge in [0, 0.05) is 17.4 Å². The van der Waals surface area contributed by atoms with Gasteiger partial charge in [-0.2, -0.15) is 0 Å². The number of esters is 1. The molecular weight excluding hydrogens is 340 g/mol. The van der Waals surface area contributed by atoms with Gasteiger partial charge < -0.3 is 14.6 Å². The highest BCUT2D eigenvalue weighted by molar-refractivity contribution is 5.93. The zero-order valence-corrected chi connectivity index (χ0v) is 15.9. The van der Waals surface area contributed by atoms with Crippen LogP contribution in [0.2, 0.25) is 0 Å². The molecule has 1 heterocycles. The Bertz CT molecular complexity index is 955. The first-order chi connectivity index (χ1) is 13.0. The summed E-state index contributed by atoms with van der Waals surface area (Å²) in [6.07, 6.45) is 1.93. The number of ether oxygens (including phenoxy) is 1. The molecule has 0 spiro atoms. The molecule has 27 heavy (non-hydrogen) atoms. The summed E-state index contributed by atoms with van der Waals surface area (Å²) in [7, 11) is 0. The SMILES string of the molecule is CCOC(=O)c1ccc(NC(=O)Cn2ccc3cc(C(C)C)ccc32)cc1. The third-order valence-electron chi connectivity index (χ3n) is 4.46. The van der Waals surface area contributed by atoms with Crippen LogP contribution in [0.4, 0.5) is 5.69 Å². The molecule has 0 aliphatic rings. The quantitative estimate of drug-likeness (QED) is 0.651. The van der Waals surface area contributed by atoms with Gasteiger partial charge in [0.1, 0.15) is 6.54 Å². The molecule has 0 unspecified atom stereocenters. The summed E-state index contributed by atoms with van der Waals surface area (Å²) in [4.78, 5) is 24.1. The molecule has 2 aromatic carbocycles. The van der Waals surface area contributed by atoms with Crippen LogP contribution < -0.4 is 5.32 Å². The van der Waals surface area contributed by atoms with E-state index >= 15 is 0 Å². The van der Waals surface area contributed by atoms with Gasteiger partial charge in [-0.15, -0.1) is 0 Å². The first-order valence-electron chi connectivity index (χ1n) is 9.13. The molecule has 0 aliphatic carbocycles. The second-order valence-electron chi connectivity index (χ2n) is 6.76. The van der Waals surface area contributed by atoms with Gasteiger partial charge in [0.15, 0.2) is 0 Å². The fourth-order valence-corrected chi connectivity index (χ4v) is 2.97. The standard InChI is InChI=1S/C22H24N2O3/c1-4-27-22(26)16-5-8-19(9-6-16)23-21(25)14-24-12-11-18-13-17(15(2)3)7-10-20(18)24/h5-13,15H,4,14H2,1-3H3,(H,23,25). The number of amides is 1. The Kier molecular flexibility index (Phi) is 5.60. The number of fused-ring (bicyclic) bond motifs is 1. The van der Waals surface area contributed by atoms with E-state index in [9.17, 15) is 9.59 Å². The summed E-state index contributed by atoms with van der Waals surface area (Å²) < 4.78 is 6.89. The van der Waals surface area contributed by atoms with Crippen molar-refractivity contribution in [2.45, 2.75) is 33.2 Å². The molecule has 0 radical (unpaired) electrons. The topological polar surface area (TPSA) is 60.3 Å². The van der Waals surface area contributed by atoms with Crippen molar-refractivity contribution in [3.8, 4) is 0 Å². The van der Waals surface area contributed by atoms with E-state index in [1.54, 1.807) is 31.2 Å². The Morgan fingerprint density at radius 1 is 1.07 bits per heavy atom. The summed E-state index contributed by atoms with van der Waals surface area (Å²) in [5.74, 6) is -0.0158. The van der Waals surface area contributed by atoms with Crippen molar-refractivity contribution in [2.24, 2.45) is 0 Å². The first-order valence-corrected chi connectivity index (χ1v) is 9.13. The average molecular weight is 364 g/mol. The van der Waals surface area contributed by atoms with Gasteiger partial charge in [-0.25, -0.2) is 4.79 Å². The smallest absolute Gasteiger partial charge is 0.338 e. The molecule has 0 fully saturated rings. The largest absolute Gasteiger partial charge is 0.462 e. The Morgan fingerprint density at radius 3 is 2.48 bits per heavy atom. The Labute approximate surface area is 158 Å². The Balaban J connectivity index is 1.67. The third-order valence-corrected chi connectivity index (χ3v) is 4.46. The molecule has 0 aliphatic heterocycles. The molecule has 0 bridgehead atoms. The molecule has 3 rings (SSSR count). The van der Waals surface area contributed by atoms with Crippen LogP contribution in [0.3, 0.4) is 0 Å². The van der Waals surface area contributed by atoms with Gasteiger partial charge in [0.2, 0.25) is 5.91 Å². The maximum Gasteiger partial charge on any atom is 0.338 e. The van der Waals surface area contributed by atoms with Crippen LogP contribution in [-0.2, 0) is 16.1 Å². The van der Waals surface area contributed by atoms with Gasteiger partial charge >= 0.3 is 5.97 Å². The number of aromatic nitrogens is 1. The summed E-state index contributed by atoms with van der Waals surface area (Å²) >= 11 is 0. The van der Waals surface area contributed by atoms with Crippen molar-refractivity contribution in [3.63, 3.8) is 0 Å². The number of benzene rings is 2. The van der Waals surface area contributed by atoms with Gasteiger partial charge in [0.25, 0.3) is 0 Å². The summed E-state index contributed by atoms with van der Waals surface area (Å²) in [6, 6.07) is 15.1. The van der Waals surface area contributed by atoms with Crippen molar-refractivity contribution >= 4 is 28.5 Å². The first kappa shape index (κ1) is 18.7. The monoisotopic (exact) mass is 364 g/mol.